The summed E-state index contributed by atoms with van der Waals surface area (Å²) in [6.07, 6.45) is 0.456. The van der Waals surface area contributed by atoms with E-state index in [2.05, 4.69) is 5.32 Å². The van der Waals surface area contributed by atoms with Gasteiger partial charge in [0.2, 0.25) is 15.9 Å². The number of amides is 2. The Bertz CT molecular complexity index is 1280. The second-order valence-corrected chi connectivity index (χ2v) is 12.9. The van der Waals surface area contributed by atoms with E-state index >= 15 is 0 Å². The molecule has 0 saturated heterocycles. The summed E-state index contributed by atoms with van der Waals surface area (Å²) in [5.74, 6) is -0.441. The molecule has 0 fully saturated rings. The first-order valence-electron chi connectivity index (χ1n) is 13.5. The van der Waals surface area contributed by atoms with Gasteiger partial charge in [-0.15, -0.1) is 0 Å². The van der Waals surface area contributed by atoms with Gasteiger partial charge in [0, 0.05) is 31.6 Å². The molecule has 0 saturated carbocycles. The third-order valence-corrected chi connectivity index (χ3v) is 8.96. The molecule has 11 heteroatoms. The number of hydrogen-bond acceptors (Lipinski definition) is 7. The van der Waals surface area contributed by atoms with Crippen LogP contribution in [-0.2, 0) is 14.8 Å². The molecule has 3 atom stereocenters. The Hall–Kier alpha value is -2.99. The van der Waals surface area contributed by atoms with Crippen LogP contribution < -0.4 is 10.1 Å². The molecule has 0 radical (unpaired) electrons. The van der Waals surface area contributed by atoms with Crippen LogP contribution in [0.2, 0.25) is 0 Å². The standard InChI is InChI=1S/C29H42N4O6S/c1-20-9-12-24(13-10-20)40(37,38)32(6)18-27-21(2)17-33(22(3)19-34)29(36)25-16-23(11-14-26(25)39-27)30-28(35)8-7-15-31(4)5/h9-14,16,21-22,27,34H,7-8,15,17-19H2,1-6H3,(H,30,35)/t21-,22-,27+/m0/s1. The van der Waals surface area contributed by atoms with E-state index < -0.39 is 22.2 Å². The van der Waals surface area contributed by atoms with Gasteiger partial charge in [-0.25, -0.2) is 8.42 Å². The van der Waals surface area contributed by atoms with Crippen molar-refractivity contribution >= 4 is 27.5 Å². The first-order chi connectivity index (χ1) is 18.8. The molecular weight excluding hydrogens is 532 g/mol. The summed E-state index contributed by atoms with van der Waals surface area (Å²) in [6.45, 7) is 6.40. The first kappa shape index (κ1) is 31.5. The van der Waals surface area contributed by atoms with E-state index in [0.29, 0.717) is 24.3 Å². The predicted octanol–water partition coefficient (Wildman–Crippen LogP) is 2.82. The van der Waals surface area contributed by atoms with Crippen molar-refractivity contribution in [3.63, 3.8) is 0 Å². The molecule has 2 aromatic carbocycles. The van der Waals surface area contributed by atoms with Gasteiger partial charge in [-0.05, 0) is 71.2 Å². The number of aliphatic hydroxyl groups is 1. The Morgan fingerprint density at radius 3 is 2.48 bits per heavy atom. The van der Waals surface area contributed by atoms with E-state index in [1.807, 2.05) is 32.8 Å². The van der Waals surface area contributed by atoms with Crippen LogP contribution >= 0.6 is 0 Å². The second kappa shape index (κ2) is 13.6. The normalized spacial score (nSPS) is 18.6. The Morgan fingerprint density at radius 1 is 1.18 bits per heavy atom. The van der Waals surface area contributed by atoms with Crippen LogP contribution in [0.25, 0.3) is 0 Å². The number of aliphatic hydroxyl groups excluding tert-OH is 1. The Labute approximate surface area is 238 Å². The summed E-state index contributed by atoms with van der Waals surface area (Å²) >= 11 is 0. The minimum Gasteiger partial charge on any atom is -0.488 e. The fraction of sp³-hybridized carbons (Fsp3) is 0.517. The summed E-state index contributed by atoms with van der Waals surface area (Å²) in [4.78, 5) is 29.9. The third-order valence-electron chi connectivity index (χ3n) is 7.12. The number of sulfonamides is 1. The second-order valence-electron chi connectivity index (χ2n) is 10.9. The van der Waals surface area contributed by atoms with Crippen LogP contribution in [0.4, 0.5) is 5.69 Å². The van der Waals surface area contributed by atoms with Crippen LogP contribution in [0.1, 0.15) is 42.6 Å². The highest BCUT2D eigenvalue weighted by atomic mass is 32.2. The van der Waals surface area contributed by atoms with Crippen molar-refractivity contribution in [2.24, 2.45) is 5.92 Å². The van der Waals surface area contributed by atoms with Gasteiger partial charge in [0.1, 0.15) is 11.9 Å². The van der Waals surface area contributed by atoms with Crippen molar-refractivity contribution in [2.45, 2.75) is 50.7 Å². The summed E-state index contributed by atoms with van der Waals surface area (Å²) in [7, 11) is 1.63. The average molecular weight is 575 g/mol. The maximum absolute atomic E-state index is 13.6. The van der Waals surface area contributed by atoms with Crippen molar-refractivity contribution in [1.82, 2.24) is 14.1 Å². The number of carbonyl (C=O) groups excluding carboxylic acids is 2. The van der Waals surface area contributed by atoms with E-state index in [9.17, 15) is 23.1 Å². The zero-order valence-corrected chi connectivity index (χ0v) is 25.1. The summed E-state index contributed by atoms with van der Waals surface area (Å²) in [5.41, 5.74) is 1.67. The van der Waals surface area contributed by atoms with E-state index in [1.54, 1.807) is 54.3 Å². The van der Waals surface area contributed by atoms with Crippen molar-refractivity contribution in [1.29, 1.82) is 0 Å². The van der Waals surface area contributed by atoms with Gasteiger partial charge < -0.3 is 25.0 Å². The number of ether oxygens (including phenoxy) is 1. The van der Waals surface area contributed by atoms with Gasteiger partial charge >= 0.3 is 0 Å². The Kier molecular flexibility index (Phi) is 10.7. The fourth-order valence-corrected chi connectivity index (χ4v) is 5.72. The van der Waals surface area contributed by atoms with E-state index in [1.165, 1.54) is 11.4 Å². The zero-order chi connectivity index (χ0) is 29.6. The van der Waals surface area contributed by atoms with Gasteiger partial charge in [-0.1, -0.05) is 24.6 Å². The fourth-order valence-electron chi connectivity index (χ4n) is 4.54. The lowest BCUT2D eigenvalue weighted by Crippen LogP contribution is -2.50. The maximum Gasteiger partial charge on any atom is 0.258 e. The van der Waals surface area contributed by atoms with Crippen molar-refractivity contribution in [3.8, 4) is 5.75 Å². The number of carbonyl (C=O) groups is 2. The Balaban J connectivity index is 1.89. The number of anilines is 1. The minimum atomic E-state index is -3.77. The topological polar surface area (TPSA) is 119 Å². The van der Waals surface area contributed by atoms with Crippen LogP contribution in [-0.4, -0.2) is 99.0 Å². The number of aryl methyl sites for hydroxylation is 1. The Morgan fingerprint density at radius 2 is 1.85 bits per heavy atom. The number of nitrogens with zero attached hydrogens (tertiary/aromatic N) is 3. The first-order valence-corrected chi connectivity index (χ1v) is 15.0. The van der Waals surface area contributed by atoms with Crippen LogP contribution in [0.3, 0.4) is 0 Å². The van der Waals surface area contributed by atoms with Crippen molar-refractivity contribution < 1.29 is 27.9 Å². The third kappa shape index (κ3) is 7.81. The number of fused-ring (bicyclic) bond motifs is 1. The van der Waals surface area contributed by atoms with Gasteiger partial charge in [0.15, 0.2) is 0 Å². The lowest BCUT2D eigenvalue weighted by molar-refractivity contribution is -0.116. The van der Waals surface area contributed by atoms with Gasteiger partial charge in [-0.2, -0.15) is 4.31 Å². The molecule has 0 bridgehead atoms. The molecule has 2 aromatic rings. The molecule has 3 rings (SSSR count). The molecule has 1 aliphatic heterocycles. The average Bonchev–Trinajstić information content (AvgIpc) is 2.90. The van der Waals surface area contributed by atoms with Crippen LogP contribution in [0.15, 0.2) is 47.4 Å². The molecule has 220 valence electrons. The lowest BCUT2D eigenvalue weighted by Gasteiger charge is -2.38. The lowest BCUT2D eigenvalue weighted by atomic mass is 9.99. The molecule has 10 nitrogen and oxygen atoms in total. The molecule has 0 aliphatic carbocycles. The molecule has 2 amide bonds. The van der Waals surface area contributed by atoms with Gasteiger partial charge in [0.25, 0.3) is 5.91 Å². The molecule has 0 aromatic heterocycles. The highest BCUT2D eigenvalue weighted by Crippen LogP contribution is 2.31. The molecule has 1 aliphatic rings. The quantitative estimate of drug-likeness (QED) is 0.424. The van der Waals surface area contributed by atoms with E-state index in [0.717, 1.165) is 12.1 Å². The number of rotatable bonds is 11. The molecule has 0 spiro atoms. The minimum absolute atomic E-state index is 0.0523. The largest absolute Gasteiger partial charge is 0.488 e. The molecular formula is C29H42N4O6S. The predicted molar refractivity (Wildman–Crippen MR) is 155 cm³/mol. The number of likely N-dealkylation sites (N-methyl/N-ethyl adjacent to an activating group) is 1. The monoisotopic (exact) mass is 574 g/mol. The maximum atomic E-state index is 13.6. The van der Waals surface area contributed by atoms with Crippen LogP contribution in [0.5, 0.6) is 5.75 Å². The van der Waals surface area contributed by atoms with E-state index in [4.69, 9.17) is 4.74 Å². The van der Waals surface area contributed by atoms with Crippen molar-refractivity contribution in [3.05, 3.63) is 53.6 Å². The molecule has 0 unspecified atom stereocenters. The van der Waals surface area contributed by atoms with E-state index in [-0.39, 0.29) is 47.9 Å². The highest BCUT2D eigenvalue weighted by molar-refractivity contribution is 7.89. The summed E-state index contributed by atoms with van der Waals surface area (Å²) < 4.78 is 34.2. The number of benzene rings is 2. The number of hydrogen-bond donors (Lipinski definition) is 2. The van der Waals surface area contributed by atoms with Gasteiger partial charge in [-0.3, -0.25) is 9.59 Å². The smallest absolute Gasteiger partial charge is 0.258 e. The summed E-state index contributed by atoms with van der Waals surface area (Å²) in [5, 5.41) is 12.7. The van der Waals surface area contributed by atoms with Crippen molar-refractivity contribution in [2.75, 3.05) is 52.7 Å². The number of nitrogens with one attached hydrogen (secondary N) is 1. The zero-order valence-electron chi connectivity index (χ0n) is 24.3. The summed E-state index contributed by atoms with van der Waals surface area (Å²) in [6, 6.07) is 11.1. The molecule has 1 heterocycles. The van der Waals surface area contributed by atoms with Gasteiger partial charge in [0.05, 0.1) is 29.7 Å². The molecule has 40 heavy (non-hydrogen) atoms. The van der Waals surface area contributed by atoms with Crippen LogP contribution in [0, 0.1) is 12.8 Å². The molecule has 2 N–H and O–H groups in total. The highest BCUT2D eigenvalue weighted by Gasteiger charge is 2.35. The SMILES string of the molecule is Cc1ccc(S(=O)(=O)N(C)C[C@H]2Oc3ccc(NC(=O)CCCN(C)C)cc3C(=O)N([C@@H](C)CO)C[C@@H]2C)cc1.